The van der Waals surface area contributed by atoms with E-state index < -0.39 is 11.5 Å². The number of aliphatic hydroxyl groups is 1. The van der Waals surface area contributed by atoms with Crippen LogP contribution < -0.4 is 0 Å². The Balaban J connectivity index is 1.66. The van der Waals surface area contributed by atoms with Gasteiger partial charge in [0.05, 0.1) is 5.60 Å². The minimum atomic E-state index is -1.09. The molecule has 2 heterocycles. The van der Waals surface area contributed by atoms with Gasteiger partial charge >= 0.3 is 0 Å². The number of piperidine rings is 1. The maximum atomic E-state index is 13.8. The van der Waals surface area contributed by atoms with E-state index >= 15 is 0 Å². The van der Waals surface area contributed by atoms with Crippen molar-refractivity contribution in [2.75, 3.05) is 13.1 Å². The zero-order valence-electron chi connectivity index (χ0n) is 11.9. The fourth-order valence-electron chi connectivity index (χ4n) is 2.93. The van der Waals surface area contributed by atoms with Crippen molar-refractivity contribution in [3.05, 3.63) is 65.7 Å². The highest BCUT2D eigenvalue weighted by molar-refractivity contribution is 5.21. The predicted molar refractivity (Wildman–Crippen MR) is 79.0 cm³/mol. The van der Waals surface area contributed by atoms with E-state index in [0.717, 1.165) is 19.6 Å². The molecule has 21 heavy (non-hydrogen) atoms. The van der Waals surface area contributed by atoms with Crippen LogP contribution in [0.4, 0.5) is 4.39 Å². The number of likely N-dealkylation sites (tertiary alicyclic amines) is 1. The van der Waals surface area contributed by atoms with E-state index in [4.69, 9.17) is 0 Å². The lowest BCUT2D eigenvalue weighted by molar-refractivity contribution is -0.0308. The van der Waals surface area contributed by atoms with Crippen molar-refractivity contribution in [1.82, 2.24) is 9.88 Å². The fraction of sp³-hybridized carbons (Fsp3) is 0.353. The Morgan fingerprint density at radius 3 is 2.48 bits per heavy atom. The summed E-state index contributed by atoms with van der Waals surface area (Å²) in [5, 5.41) is 10.7. The first-order chi connectivity index (χ1) is 10.2. The molecule has 0 spiro atoms. The Kier molecular flexibility index (Phi) is 3.99. The van der Waals surface area contributed by atoms with Crippen molar-refractivity contribution >= 4 is 0 Å². The van der Waals surface area contributed by atoms with Crippen molar-refractivity contribution in [1.29, 1.82) is 0 Å². The number of benzene rings is 1. The second-order valence-corrected chi connectivity index (χ2v) is 5.64. The number of aromatic nitrogens is 1. The Morgan fingerprint density at radius 1 is 1.10 bits per heavy atom. The van der Waals surface area contributed by atoms with Crippen LogP contribution in [0.2, 0.25) is 0 Å². The first kappa shape index (κ1) is 14.2. The van der Waals surface area contributed by atoms with Crippen molar-refractivity contribution in [2.45, 2.75) is 25.0 Å². The van der Waals surface area contributed by atoms with E-state index in [2.05, 4.69) is 22.0 Å². The molecule has 1 aromatic carbocycles. The summed E-state index contributed by atoms with van der Waals surface area (Å²) in [6.45, 7) is 2.37. The van der Waals surface area contributed by atoms with Gasteiger partial charge in [0.25, 0.3) is 0 Å². The van der Waals surface area contributed by atoms with Crippen molar-refractivity contribution < 1.29 is 9.50 Å². The van der Waals surface area contributed by atoms with E-state index in [1.165, 1.54) is 11.8 Å². The summed E-state index contributed by atoms with van der Waals surface area (Å²) in [4.78, 5) is 5.94. The number of halogens is 1. The van der Waals surface area contributed by atoms with E-state index in [1.54, 1.807) is 12.1 Å². The summed E-state index contributed by atoms with van der Waals surface area (Å²) in [5.74, 6) is -0.559. The van der Waals surface area contributed by atoms with Gasteiger partial charge in [-0.1, -0.05) is 36.4 Å². The summed E-state index contributed by atoms with van der Waals surface area (Å²) < 4.78 is 13.8. The van der Waals surface area contributed by atoms with Crippen LogP contribution in [0.5, 0.6) is 0 Å². The van der Waals surface area contributed by atoms with Crippen LogP contribution in [0.3, 0.4) is 0 Å². The van der Waals surface area contributed by atoms with Gasteiger partial charge in [0.1, 0.15) is 0 Å². The quantitative estimate of drug-likeness (QED) is 0.881. The molecule has 0 amide bonds. The molecule has 1 fully saturated rings. The van der Waals surface area contributed by atoms with Gasteiger partial charge in [-0.2, -0.15) is 4.39 Å². The van der Waals surface area contributed by atoms with Gasteiger partial charge in [-0.05, 0) is 24.5 Å². The van der Waals surface area contributed by atoms with Crippen LogP contribution in [0.25, 0.3) is 0 Å². The summed E-state index contributed by atoms with van der Waals surface area (Å²) in [5.41, 5.74) is 0.491. The summed E-state index contributed by atoms with van der Waals surface area (Å²) in [6, 6.07) is 13.6. The lowest BCUT2D eigenvalue weighted by Gasteiger charge is -2.38. The van der Waals surface area contributed by atoms with Crippen LogP contribution in [-0.2, 0) is 12.1 Å². The first-order valence-corrected chi connectivity index (χ1v) is 7.27. The van der Waals surface area contributed by atoms with Crippen LogP contribution in [0, 0.1) is 5.95 Å². The van der Waals surface area contributed by atoms with Gasteiger partial charge in [0.15, 0.2) is 0 Å². The van der Waals surface area contributed by atoms with Crippen molar-refractivity contribution in [3.63, 3.8) is 0 Å². The number of nitrogens with zero attached hydrogens (tertiary/aromatic N) is 2. The molecule has 3 rings (SSSR count). The van der Waals surface area contributed by atoms with Gasteiger partial charge in [0, 0.05) is 31.4 Å². The average Bonchev–Trinajstić information content (AvgIpc) is 2.51. The molecule has 110 valence electrons. The van der Waals surface area contributed by atoms with Gasteiger partial charge in [-0.15, -0.1) is 0 Å². The Hall–Kier alpha value is -1.78. The Bertz CT molecular complexity index is 595. The number of hydrogen-bond acceptors (Lipinski definition) is 3. The maximum Gasteiger partial charge on any atom is 0.218 e. The third-order valence-corrected chi connectivity index (χ3v) is 4.19. The van der Waals surface area contributed by atoms with E-state index in [9.17, 15) is 9.50 Å². The van der Waals surface area contributed by atoms with E-state index in [1.807, 2.05) is 18.2 Å². The molecule has 1 N–H and O–H groups in total. The normalized spacial score (nSPS) is 18.6. The van der Waals surface area contributed by atoms with E-state index in [0.29, 0.717) is 18.4 Å². The molecular weight excluding hydrogens is 267 g/mol. The largest absolute Gasteiger partial charge is 0.385 e. The number of rotatable bonds is 3. The minimum absolute atomic E-state index is 0.323. The van der Waals surface area contributed by atoms with Crippen LogP contribution in [0.15, 0.2) is 48.7 Å². The van der Waals surface area contributed by atoms with Gasteiger partial charge < -0.3 is 5.11 Å². The smallest absolute Gasteiger partial charge is 0.218 e. The van der Waals surface area contributed by atoms with Crippen LogP contribution >= 0.6 is 0 Å². The average molecular weight is 286 g/mol. The maximum absolute atomic E-state index is 13.8. The summed E-state index contributed by atoms with van der Waals surface area (Å²) >= 11 is 0. The number of hydrogen-bond donors (Lipinski definition) is 1. The molecule has 0 saturated carbocycles. The minimum Gasteiger partial charge on any atom is -0.385 e. The topological polar surface area (TPSA) is 36.4 Å². The van der Waals surface area contributed by atoms with E-state index in [-0.39, 0.29) is 0 Å². The van der Waals surface area contributed by atoms with Crippen LogP contribution in [-0.4, -0.2) is 28.1 Å². The second kappa shape index (κ2) is 5.92. The molecule has 1 aliphatic heterocycles. The Labute approximate surface area is 124 Å². The summed E-state index contributed by atoms with van der Waals surface area (Å²) in [6.07, 6.45) is 2.47. The molecule has 0 radical (unpaired) electrons. The second-order valence-electron chi connectivity index (χ2n) is 5.64. The van der Waals surface area contributed by atoms with Crippen LogP contribution in [0.1, 0.15) is 24.0 Å². The standard InChI is InChI=1S/C17H19FN2O/c18-16-15(7-4-10-19-16)17(21)8-11-20(12-9-17)13-14-5-2-1-3-6-14/h1-7,10,21H,8-9,11-13H2. The third kappa shape index (κ3) is 3.12. The lowest BCUT2D eigenvalue weighted by Crippen LogP contribution is -2.42. The highest BCUT2D eigenvalue weighted by Gasteiger charge is 2.36. The van der Waals surface area contributed by atoms with Gasteiger partial charge in [-0.25, -0.2) is 4.98 Å². The molecule has 2 aromatic rings. The molecular formula is C17H19FN2O. The molecule has 1 aliphatic rings. The third-order valence-electron chi connectivity index (χ3n) is 4.19. The SMILES string of the molecule is OC1(c2cccnc2F)CCN(Cc2ccccc2)CC1. The van der Waals surface area contributed by atoms with Crippen molar-refractivity contribution in [2.24, 2.45) is 0 Å². The highest BCUT2D eigenvalue weighted by atomic mass is 19.1. The zero-order valence-corrected chi connectivity index (χ0v) is 11.9. The predicted octanol–water partition coefficient (Wildman–Crippen LogP) is 2.70. The first-order valence-electron chi connectivity index (χ1n) is 7.27. The molecule has 0 aliphatic carbocycles. The Morgan fingerprint density at radius 2 is 1.81 bits per heavy atom. The molecule has 1 aromatic heterocycles. The summed E-state index contributed by atoms with van der Waals surface area (Å²) in [7, 11) is 0. The molecule has 4 heteroatoms. The molecule has 0 atom stereocenters. The molecule has 0 unspecified atom stereocenters. The highest BCUT2D eigenvalue weighted by Crippen LogP contribution is 2.34. The fourth-order valence-corrected chi connectivity index (χ4v) is 2.93. The number of pyridine rings is 1. The monoisotopic (exact) mass is 286 g/mol. The molecule has 1 saturated heterocycles. The molecule has 3 nitrogen and oxygen atoms in total. The van der Waals surface area contributed by atoms with Crippen molar-refractivity contribution in [3.8, 4) is 0 Å². The molecule has 0 bridgehead atoms. The van der Waals surface area contributed by atoms with Gasteiger partial charge in [-0.3, -0.25) is 4.90 Å². The lowest BCUT2D eigenvalue weighted by atomic mass is 9.85. The van der Waals surface area contributed by atoms with Gasteiger partial charge in [0.2, 0.25) is 5.95 Å². The zero-order chi connectivity index (χ0) is 14.7.